The van der Waals surface area contributed by atoms with Crippen molar-refractivity contribution in [2.45, 2.75) is 25.3 Å². The van der Waals surface area contributed by atoms with E-state index >= 15 is 0 Å². The van der Waals surface area contributed by atoms with Crippen LogP contribution in [0.15, 0.2) is 34.6 Å². The number of nitrogens with one attached hydrogen (secondary N) is 2. The predicted octanol–water partition coefficient (Wildman–Crippen LogP) is 2.24. The largest absolute Gasteiger partial charge is 0.345 e. The molecule has 98 valence electrons. The summed E-state index contributed by atoms with van der Waals surface area (Å²) in [6.07, 6.45) is 4.63. The van der Waals surface area contributed by atoms with Gasteiger partial charge in [0.15, 0.2) is 0 Å². The van der Waals surface area contributed by atoms with Crippen LogP contribution in [-0.2, 0) is 6.42 Å². The summed E-state index contributed by atoms with van der Waals surface area (Å²) in [5.41, 5.74) is 1.53. The fourth-order valence-electron chi connectivity index (χ4n) is 2.43. The fourth-order valence-corrected chi connectivity index (χ4v) is 3.42. The Morgan fingerprint density at radius 3 is 3.05 bits per heavy atom. The molecule has 2 aromatic rings. The number of amides is 1. The average Bonchev–Trinajstić information content (AvgIpc) is 2.89. The molecule has 1 atom stereocenters. The zero-order chi connectivity index (χ0) is 13.2. The zero-order valence-corrected chi connectivity index (χ0v) is 11.1. The lowest BCUT2D eigenvalue weighted by molar-refractivity contribution is 0.0932. The van der Waals surface area contributed by atoms with Crippen molar-refractivity contribution in [1.29, 1.82) is 0 Å². The number of hydrogen-bond donors (Lipinski definition) is 2. The average molecular weight is 274 g/mol. The number of aromatic nitrogens is 1. The molecule has 2 aromatic heterocycles. The van der Waals surface area contributed by atoms with E-state index in [4.69, 9.17) is 0 Å². The monoisotopic (exact) mass is 274 g/mol. The third-order valence-corrected chi connectivity index (χ3v) is 4.40. The van der Waals surface area contributed by atoms with Gasteiger partial charge in [0.05, 0.1) is 11.6 Å². The molecule has 0 aliphatic heterocycles. The second-order valence-electron chi connectivity index (χ2n) is 4.66. The van der Waals surface area contributed by atoms with Crippen molar-refractivity contribution in [2.24, 2.45) is 0 Å². The van der Waals surface area contributed by atoms with Crippen molar-refractivity contribution in [1.82, 2.24) is 10.3 Å². The number of rotatable bonds is 2. The van der Waals surface area contributed by atoms with Crippen LogP contribution in [0.1, 0.15) is 39.7 Å². The van der Waals surface area contributed by atoms with Crippen molar-refractivity contribution < 1.29 is 4.79 Å². The molecule has 4 nitrogen and oxygen atoms in total. The Hall–Kier alpha value is -1.88. The van der Waals surface area contributed by atoms with E-state index in [1.54, 1.807) is 17.4 Å². The summed E-state index contributed by atoms with van der Waals surface area (Å²) in [7, 11) is 0. The molecule has 0 bridgehead atoms. The maximum atomic E-state index is 12.1. The van der Waals surface area contributed by atoms with Crippen LogP contribution in [0.25, 0.3) is 0 Å². The number of aryl methyl sites for hydroxylation is 1. The van der Waals surface area contributed by atoms with E-state index < -0.39 is 0 Å². The molecule has 3 rings (SSSR count). The first kappa shape index (κ1) is 12.2. The molecule has 0 radical (unpaired) electrons. The van der Waals surface area contributed by atoms with Crippen LogP contribution in [0.2, 0.25) is 0 Å². The molecule has 0 saturated heterocycles. The number of thiophene rings is 1. The summed E-state index contributed by atoms with van der Waals surface area (Å²) in [4.78, 5) is 27.0. The molecular weight excluding hydrogens is 260 g/mol. The van der Waals surface area contributed by atoms with Crippen LogP contribution in [0.5, 0.6) is 0 Å². The fraction of sp³-hybridized carbons (Fsp3) is 0.286. The molecule has 2 N–H and O–H groups in total. The van der Waals surface area contributed by atoms with Gasteiger partial charge in [-0.1, -0.05) is 0 Å². The summed E-state index contributed by atoms with van der Waals surface area (Å²) in [5.74, 6) is -0.139. The standard InChI is InChI=1S/C14H14N2O2S/c17-13-5-4-9(8-15-13)14(18)16-11-2-1-3-12-10(11)6-7-19-12/h4-8,11H,1-3H2,(H,15,17)(H,16,18). The highest BCUT2D eigenvalue weighted by atomic mass is 32.1. The van der Waals surface area contributed by atoms with Crippen molar-refractivity contribution in [3.05, 3.63) is 56.1 Å². The van der Waals surface area contributed by atoms with E-state index in [0.29, 0.717) is 5.56 Å². The van der Waals surface area contributed by atoms with Gasteiger partial charge in [0.1, 0.15) is 0 Å². The number of pyridine rings is 1. The van der Waals surface area contributed by atoms with Crippen molar-refractivity contribution in [3.8, 4) is 0 Å². The molecular formula is C14H14N2O2S. The van der Waals surface area contributed by atoms with Crippen molar-refractivity contribution in [2.75, 3.05) is 0 Å². The number of fused-ring (bicyclic) bond motifs is 1. The first-order chi connectivity index (χ1) is 9.24. The molecule has 0 fully saturated rings. The van der Waals surface area contributed by atoms with Gasteiger partial charge in [0.25, 0.3) is 5.91 Å². The molecule has 0 aromatic carbocycles. The van der Waals surface area contributed by atoms with Gasteiger partial charge in [-0.25, -0.2) is 0 Å². The van der Waals surface area contributed by atoms with E-state index in [1.807, 2.05) is 0 Å². The predicted molar refractivity (Wildman–Crippen MR) is 74.5 cm³/mol. The quantitative estimate of drug-likeness (QED) is 0.882. The Morgan fingerprint density at radius 1 is 1.37 bits per heavy atom. The highest BCUT2D eigenvalue weighted by Gasteiger charge is 2.23. The van der Waals surface area contributed by atoms with Gasteiger partial charge in [0, 0.05) is 17.1 Å². The lowest BCUT2D eigenvalue weighted by atomic mass is 9.94. The highest BCUT2D eigenvalue weighted by Crippen LogP contribution is 2.33. The minimum Gasteiger partial charge on any atom is -0.345 e. The van der Waals surface area contributed by atoms with E-state index in [2.05, 4.69) is 21.7 Å². The Morgan fingerprint density at radius 2 is 2.26 bits per heavy atom. The number of carbonyl (C=O) groups is 1. The highest BCUT2D eigenvalue weighted by molar-refractivity contribution is 7.10. The van der Waals surface area contributed by atoms with E-state index in [0.717, 1.165) is 19.3 Å². The van der Waals surface area contributed by atoms with Gasteiger partial charge in [-0.05, 0) is 42.3 Å². The van der Waals surface area contributed by atoms with Crippen molar-refractivity contribution >= 4 is 17.2 Å². The minimum atomic E-state index is -0.200. The molecule has 19 heavy (non-hydrogen) atoms. The molecule has 5 heteroatoms. The van der Waals surface area contributed by atoms with Crippen LogP contribution in [0.3, 0.4) is 0 Å². The van der Waals surface area contributed by atoms with Gasteiger partial charge < -0.3 is 10.3 Å². The number of hydrogen-bond acceptors (Lipinski definition) is 3. The smallest absolute Gasteiger partial charge is 0.253 e. The molecule has 1 aliphatic rings. The van der Waals surface area contributed by atoms with Gasteiger partial charge in [-0.2, -0.15) is 0 Å². The number of aromatic amines is 1. The summed E-state index contributed by atoms with van der Waals surface area (Å²) in [6.45, 7) is 0. The summed E-state index contributed by atoms with van der Waals surface area (Å²) in [5, 5.41) is 5.12. The second-order valence-corrected chi connectivity index (χ2v) is 5.66. The van der Waals surface area contributed by atoms with E-state index in [1.165, 1.54) is 22.7 Å². The molecule has 0 saturated carbocycles. The van der Waals surface area contributed by atoms with E-state index in [-0.39, 0.29) is 17.5 Å². The molecule has 0 spiro atoms. The van der Waals surface area contributed by atoms with Gasteiger partial charge in [-0.15, -0.1) is 11.3 Å². The normalized spacial score (nSPS) is 17.8. The van der Waals surface area contributed by atoms with Crippen LogP contribution in [0, 0.1) is 0 Å². The Kier molecular flexibility index (Phi) is 3.21. The lowest BCUT2D eigenvalue weighted by Gasteiger charge is -2.23. The van der Waals surface area contributed by atoms with Crippen LogP contribution in [-0.4, -0.2) is 10.9 Å². The third kappa shape index (κ3) is 2.46. The lowest BCUT2D eigenvalue weighted by Crippen LogP contribution is -2.30. The number of H-pyrrole nitrogens is 1. The first-order valence-electron chi connectivity index (χ1n) is 6.30. The molecule has 1 amide bonds. The Bertz CT molecular complexity index is 639. The van der Waals surface area contributed by atoms with Crippen molar-refractivity contribution in [3.63, 3.8) is 0 Å². The second kappa shape index (κ2) is 5.01. The topological polar surface area (TPSA) is 62.0 Å². The summed E-state index contributed by atoms with van der Waals surface area (Å²) < 4.78 is 0. The zero-order valence-electron chi connectivity index (χ0n) is 10.3. The molecule has 2 heterocycles. The van der Waals surface area contributed by atoms with E-state index in [9.17, 15) is 9.59 Å². The Labute approximate surface area is 114 Å². The van der Waals surface area contributed by atoms with Gasteiger partial charge in [-0.3, -0.25) is 9.59 Å². The minimum absolute atomic E-state index is 0.0921. The Balaban J connectivity index is 1.78. The SMILES string of the molecule is O=C(NC1CCCc2sccc21)c1ccc(=O)[nH]c1. The third-order valence-electron chi connectivity index (χ3n) is 3.40. The van der Waals surface area contributed by atoms with Crippen LogP contribution < -0.4 is 10.9 Å². The maximum absolute atomic E-state index is 12.1. The first-order valence-corrected chi connectivity index (χ1v) is 7.18. The van der Waals surface area contributed by atoms with Crippen LogP contribution >= 0.6 is 11.3 Å². The number of carbonyl (C=O) groups excluding carboxylic acids is 1. The van der Waals surface area contributed by atoms with Gasteiger partial charge in [0.2, 0.25) is 5.56 Å². The molecule has 1 aliphatic carbocycles. The molecule has 1 unspecified atom stereocenters. The van der Waals surface area contributed by atoms with Crippen LogP contribution in [0.4, 0.5) is 0 Å². The van der Waals surface area contributed by atoms with Gasteiger partial charge >= 0.3 is 0 Å². The summed E-state index contributed by atoms with van der Waals surface area (Å²) in [6, 6.07) is 5.10. The maximum Gasteiger partial charge on any atom is 0.253 e. The summed E-state index contributed by atoms with van der Waals surface area (Å²) >= 11 is 1.76.